The number of hydrogen-bond acceptors (Lipinski definition) is 1. The Kier molecular flexibility index (Phi) is 64.9. The Labute approximate surface area is 383 Å². The van der Waals surface area contributed by atoms with Crippen LogP contribution < -0.4 is 0 Å². The second-order valence-corrected chi connectivity index (χ2v) is 19.6. The van der Waals surface area contributed by atoms with Gasteiger partial charge in [0.05, 0.1) is 0 Å². The highest BCUT2D eigenvalue weighted by Crippen LogP contribution is 2.19. The summed E-state index contributed by atoms with van der Waals surface area (Å²) in [6, 6.07) is 0. The maximum Gasteiger partial charge on any atom is 0.0465 e. The molecule has 0 aromatic heterocycles. The van der Waals surface area contributed by atoms with Crippen molar-refractivity contribution < 1.29 is 4.74 Å². The third-order valence-corrected chi connectivity index (χ3v) is 13.3. The maximum atomic E-state index is 5.42. The molecule has 0 amide bonds. The summed E-state index contributed by atoms with van der Waals surface area (Å²) in [6.07, 6.45) is 78.6. The van der Waals surface area contributed by atoms with E-state index in [0.29, 0.717) is 0 Å². The molecule has 0 aromatic carbocycles. The summed E-state index contributed by atoms with van der Waals surface area (Å²) in [5.74, 6) is 0. The fourth-order valence-corrected chi connectivity index (χ4v) is 9.26. The molecule has 0 spiro atoms. The molecule has 0 atom stereocenters. The van der Waals surface area contributed by atoms with E-state index in [1.54, 1.807) is 6.08 Å². The van der Waals surface area contributed by atoms with Gasteiger partial charge < -0.3 is 4.74 Å². The Hall–Kier alpha value is -0.300. The van der Waals surface area contributed by atoms with E-state index >= 15 is 0 Å². The summed E-state index contributed by atoms with van der Waals surface area (Å²) in [6.45, 7) is 11.5. The number of allylic oxidation sites excluding steroid dienone is 1. The lowest BCUT2D eigenvalue weighted by Gasteiger charge is -2.05. The van der Waals surface area contributed by atoms with Crippen molar-refractivity contribution in [3.8, 4) is 0 Å². The first-order valence-electron chi connectivity index (χ1n) is 29.0. The summed E-state index contributed by atoms with van der Waals surface area (Å²) in [5.41, 5.74) is 0. The van der Waals surface area contributed by atoms with Crippen LogP contribution in [0.5, 0.6) is 0 Å². The van der Waals surface area contributed by atoms with Gasteiger partial charge in [0.25, 0.3) is 0 Å². The van der Waals surface area contributed by atoms with Crippen molar-refractivity contribution in [2.75, 3.05) is 13.2 Å². The molecule has 0 unspecified atom stereocenters. The molecule has 0 saturated heterocycles. The maximum absolute atomic E-state index is 5.42. The molecular weight excluding hydrogens is 725 g/mol. The molecule has 0 N–H and O–H groups in total. The van der Waals surface area contributed by atoms with Crippen LogP contribution in [0.25, 0.3) is 0 Å². The van der Waals surface area contributed by atoms with Crippen LogP contribution in [0.3, 0.4) is 0 Å². The van der Waals surface area contributed by atoms with Crippen molar-refractivity contribution >= 4 is 0 Å². The van der Waals surface area contributed by atoms with Crippen LogP contribution in [0, 0.1) is 0 Å². The van der Waals surface area contributed by atoms with Crippen LogP contribution in [0.2, 0.25) is 0 Å². The van der Waals surface area contributed by atoms with Gasteiger partial charge in [-0.3, -0.25) is 0 Å². The van der Waals surface area contributed by atoms with Gasteiger partial charge in [-0.15, -0.1) is 6.58 Å². The monoisotopic (exact) mass is 845 g/mol. The molecule has 60 heavy (non-hydrogen) atoms. The fourth-order valence-electron chi connectivity index (χ4n) is 9.26. The molecule has 0 aromatic rings. The average molecular weight is 846 g/mol. The van der Waals surface area contributed by atoms with E-state index in [0.717, 1.165) is 13.2 Å². The molecule has 1 heteroatoms. The minimum absolute atomic E-state index is 0.875. The van der Waals surface area contributed by atoms with Crippen molar-refractivity contribution in [2.45, 2.75) is 355 Å². The lowest BCUT2D eigenvalue weighted by atomic mass is 10.0. The van der Waals surface area contributed by atoms with Gasteiger partial charge in [-0.1, -0.05) is 340 Å². The Morgan fingerprint density at radius 1 is 0.233 bits per heavy atom. The largest absolute Gasteiger partial charge is 0.382 e. The van der Waals surface area contributed by atoms with Crippen LogP contribution in [0.15, 0.2) is 12.7 Å². The predicted molar refractivity (Wildman–Crippen MR) is 278 cm³/mol. The molecule has 0 aliphatic carbocycles. The van der Waals surface area contributed by atoms with Gasteiger partial charge in [-0.05, 0) is 20.3 Å². The Balaban J connectivity index is 0. The second kappa shape index (κ2) is 63.0. The Bertz CT molecular complexity index is 631. The van der Waals surface area contributed by atoms with Crippen LogP contribution in [0.4, 0.5) is 0 Å². The van der Waals surface area contributed by atoms with Gasteiger partial charge >= 0.3 is 0 Å². The first kappa shape index (κ1) is 61.8. The number of unbranched alkanes of at least 4 members (excludes halogenated alkanes) is 51. The van der Waals surface area contributed by atoms with Gasteiger partial charge in [-0.2, -0.15) is 0 Å². The van der Waals surface area contributed by atoms with Crippen LogP contribution in [-0.4, -0.2) is 13.2 Å². The van der Waals surface area contributed by atoms with Crippen LogP contribution in [-0.2, 0) is 4.74 Å². The third-order valence-electron chi connectivity index (χ3n) is 13.3. The molecule has 0 rings (SSSR count). The topological polar surface area (TPSA) is 9.23 Å². The highest BCUT2D eigenvalue weighted by atomic mass is 16.5. The highest BCUT2D eigenvalue weighted by Gasteiger charge is 1.99. The summed E-state index contributed by atoms with van der Waals surface area (Å²) in [5, 5.41) is 0. The summed E-state index contributed by atoms with van der Waals surface area (Å²) in [7, 11) is 0. The first-order valence-corrected chi connectivity index (χ1v) is 29.0. The average Bonchev–Trinajstić information content (AvgIpc) is 3.25. The number of ether oxygens (including phenoxy) is 1. The van der Waals surface area contributed by atoms with Crippen molar-refractivity contribution in [3.63, 3.8) is 0 Å². The third kappa shape index (κ3) is 64.3. The molecule has 0 aliphatic rings. The smallest absolute Gasteiger partial charge is 0.0465 e. The van der Waals surface area contributed by atoms with E-state index in [1.165, 1.54) is 334 Å². The van der Waals surface area contributed by atoms with E-state index in [2.05, 4.69) is 20.4 Å². The summed E-state index contributed by atoms with van der Waals surface area (Å²) >= 11 is 0. The van der Waals surface area contributed by atoms with Crippen molar-refractivity contribution in [1.82, 2.24) is 0 Å². The van der Waals surface area contributed by atoms with Crippen molar-refractivity contribution in [3.05, 3.63) is 12.7 Å². The van der Waals surface area contributed by atoms with E-state index in [-0.39, 0.29) is 0 Å². The Morgan fingerprint density at radius 2 is 0.350 bits per heavy atom. The van der Waals surface area contributed by atoms with Crippen molar-refractivity contribution in [1.29, 1.82) is 0 Å². The molecule has 0 fully saturated rings. The van der Waals surface area contributed by atoms with Gasteiger partial charge in [0.2, 0.25) is 0 Å². The van der Waals surface area contributed by atoms with E-state index < -0.39 is 0 Å². The molecule has 0 heterocycles. The van der Waals surface area contributed by atoms with Crippen molar-refractivity contribution in [2.24, 2.45) is 0 Å². The molecule has 362 valence electrons. The SMILES string of the molecule is C=CC.CCCCCCCCCCCCCCCCCCCCCCCCCCCCCCCCCCCCCCCCCCCCCCCCCCCCCCOCC. The van der Waals surface area contributed by atoms with Gasteiger partial charge in [-0.25, -0.2) is 0 Å². The zero-order chi connectivity index (χ0) is 43.6. The minimum Gasteiger partial charge on any atom is -0.382 e. The number of rotatable bonds is 54. The first-order chi connectivity index (χ1) is 29.8. The van der Waals surface area contributed by atoms with Crippen LogP contribution >= 0.6 is 0 Å². The fraction of sp³-hybridized carbons (Fsp3) is 0.966. The molecule has 0 radical (unpaired) electrons. The highest BCUT2D eigenvalue weighted by molar-refractivity contribution is 4.55. The van der Waals surface area contributed by atoms with Crippen LogP contribution in [0.1, 0.15) is 355 Å². The van der Waals surface area contributed by atoms with E-state index in [4.69, 9.17) is 4.74 Å². The minimum atomic E-state index is 0.875. The zero-order valence-electron chi connectivity index (χ0n) is 42.9. The molecule has 0 bridgehead atoms. The molecule has 0 aliphatic heterocycles. The zero-order valence-corrected chi connectivity index (χ0v) is 42.9. The number of hydrogen-bond donors (Lipinski definition) is 0. The predicted octanol–water partition coefficient (Wildman–Crippen LogP) is 22.5. The van der Waals surface area contributed by atoms with Gasteiger partial charge in [0, 0.05) is 13.2 Å². The normalized spacial score (nSPS) is 11.3. The quantitative estimate of drug-likeness (QED) is 0.0438. The molecule has 1 nitrogen and oxygen atoms in total. The molecule has 0 saturated carbocycles. The second-order valence-electron chi connectivity index (χ2n) is 19.6. The van der Waals surface area contributed by atoms with E-state index in [9.17, 15) is 0 Å². The standard InChI is InChI=1S/C56H114O.C3H6/c1-3-5-6-7-8-9-10-11-12-13-14-15-16-17-18-19-20-21-22-23-24-25-26-27-28-29-30-31-32-33-34-35-36-37-38-39-40-41-42-43-44-45-46-47-48-49-50-51-52-53-54-55-56-57-4-2;1-3-2/h3-56H2,1-2H3;3H,1H2,2H3. The van der Waals surface area contributed by atoms with Gasteiger partial charge in [0.15, 0.2) is 0 Å². The van der Waals surface area contributed by atoms with Gasteiger partial charge in [0.1, 0.15) is 0 Å². The molecular formula is C59H120O. The summed E-state index contributed by atoms with van der Waals surface area (Å²) in [4.78, 5) is 0. The van der Waals surface area contributed by atoms with E-state index in [1.807, 2.05) is 6.92 Å². The lowest BCUT2D eigenvalue weighted by molar-refractivity contribution is 0.143. The summed E-state index contributed by atoms with van der Waals surface area (Å²) < 4.78 is 5.42. The lowest BCUT2D eigenvalue weighted by Crippen LogP contribution is -1.92. The Morgan fingerprint density at radius 3 is 0.467 bits per heavy atom.